The van der Waals surface area contributed by atoms with Gasteiger partial charge in [-0.05, 0) is 43.6 Å². The van der Waals surface area contributed by atoms with E-state index < -0.39 is 24.2 Å². The van der Waals surface area contributed by atoms with E-state index in [1.165, 1.54) is 0 Å². The lowest BCUT2D eigenvalue weighted by atomic mass is 10.1. The van der Waals surface area contributed by atoms with Crippen LogP contribution in [0.15, 0.2) is 18.2 Å². The quantitative estimate of drug-likeness (QED) is 0.164. The molecule has 1 unspecified atom stereocenters. The Labute approximate surface area is 194 Å². The summed E-state index contributed by atoms with van der Waals surface area (Å²) in [7, 11) is -7.81. The Morgan fingerprint density at radius 3 is 2.25 bits per heavy atom. The third kappa shape index (κ3) is 10.1. The highest BCUT2D eigenvalue weighted by Gasteiger charge is 2.36. The van der Waals surface area contributed by atoms with Crippen molar-refractivity contribution in [3.05, 3.63) is 29.3 Å². The van der Waals surface area contributed by atoms with E-state index in [1.807, 2.05) is 0 Å². The van der Waals surface area contributed by atoms with Crippen molar-refractivity contribution in [1.82, 2.24) is 0 Å². The number of ether oxygens (including phenoxy) is 1. The Balaban J connectivity index is 2.87. The molecule has 1 atom stereocenters. The van der Waals surface area contributed by atoms with Crippen LogP contribution in [0.1, 0.15) is 52.2 Å². The minimum Gasteiger partial charge on any atom is -0.493 e. The zero-order valence-electron chi connectivity index (χ0n) is 20.4. The van der Waals surface area contributed by atoms with Gasteiger partial charge in [0, 0.05) is 23.2 Å². The second-order valence-electron chi connectivity index (χ2n) is 8.87. The van der Waals surface area contributed by atoms with Crippen LogP contribution < -0.4 is 4.74 Å². The van der Waals surface area contributed by atoms with Crippen LogP contribution in [0.25, 0.3) is 0 Å². The van der Waals surface area contributed by atoms with Gasteiger partial charge in [-0.2, -0.15) is 0 Å². The minimum absolute atomic E-state index is 0.0730. The number of rotatable bonds is 15. The van der Waals surface area contributed by atoms with Gasteiger partial charge in [0.05, 0.1) is 26.0 Å². The molecule has 1 N–H and O–H groups in total. The summed E-state index contributed by atoms with van der Waals surface area (Å²) in [6.07, 6.45) is 0.802. The van der Waals surface area contributed by atoms with Crippen LogP contribution in [0, 0.1) is 0 Å². The smallest absolute Gasteiger partial charge is 0.493 e. The molecule has 0 saturated heterocycles. The van der Waals surface area contributed by atoms with Gasteiger partial charge in [0.1, 0.15) is 12.4 Å². The highest BCUT2D eigenvalue weighted by Crippen LogP contribution is 2.51. The van der Waals surface area contributed by atoms with Crippen molar-refractivity contribution in [1.29, 1.82) is 0 Å². The fourth-order valence-electron chi connectivity index (χ4n) is 2.61. The molecular weight excluding hydrogens is 470 g/mol. The van der Waals surface area contributed by atoms with Gasteiger partial charge in [0.25, 0.3) is 0 Å². The monoisotopic (exact) mass is 509 g/mol. The average molecular weight is 510 g/mol. The van der Waals surface area contributed by atoms with E-state index in [4.69, 9.17) is 27.6 Å². The Bertz CT molecular complexity index is 770. The van der Waals surface area contributed by atoms with E-state index in [2.05, 4.69) is 33.9 Å². The van der Waals surface area contributed by atoms with Crippen molar-refractivity contribution in [3.8, 4) is 5.75 Å². The standard InChI is InChI=1S/C21H38O8P2Si/c1-8-27-31(24,28-9-2)17-18-11-12-19(16-26-30(22)23)20(15-18)25-13-10-14-29-32(6,7)21(3,4)5/h11-12,15H,8-10,13-14,16-17H2,1-7H3/p+1. The number of hydrogen-bond donors (Lipinski definition) is 1. The van der Waals surface area contributed by atoms with Crippen molar-refractivity contribution in [2.75, 3.05) is 26.4 Å². The fourth-order valence-corrected chi connectivity index (χ4v) is 5.63. The van der Waals surface area contributed by atoms with Crippen LogP contribution in [0.2, 0.25) is 18.1 Å². The van der Waals surface area contributed by atoms with Gasteiger partial charge in [0.2, 0.25) is 0 Å². The largest absolute Gasteiger partial charge is 0.695 e. The normalized spacial score (nSPS) is 13.3. The summed E-state index contributed by atoms with van der Waals surface area (Å²) in [5.41, 5.74) is 1.35. The van der Waals surface area contributed by atoms with Gasteiger partial charge >= 0.3 is 15.9 Å². The Morgan fingerprint density at radius 2 is 1.72 bits per heavy atom. The molecule has 0 amide bonds. The molecule has 1 aromatic carbocycles. The second-order valence-corrected chi connectivity index (χ2v) is 16.5. The molecular formula is C21H39O8P2Si+. The predicted octanol–water partition coefficient (Wildman–Crippen LogP) is 6.41. The summed E-state index contributed by atoms with van der Waals surface area (Å²) in [6.45, 7) is 16.0. The van der Waals surface area contributed by atoms with Crippen LogP contribution in [-0.4, -0.2) is 39.6 Å². The zero-order valence-corrected chi connectivity index (χ0v) is 23.2. The van der Waals surface area contributed by atoms with Crippen LogP contribution in [0.3, 0.4) is 0 Å². The molecule has 0 bridgehead atoms. The average Bonchev–Trinajstić information content (AvgIpc) is 2.66. The predicted molar refractivity (Wildman–Crippen MR) is 129 cm³/mol. The molecule has 32 heavy (non-hydrogen) atoms. The van der Waals surface area contributed by atoms with E-state index in [0.29, 0.717) is 30.9 Å². The SMILES string of the molecule is CCOP(=O)(Cc1ccc(CO[P+](=O)O)c(OCCCO[Si](C)(C)C(C)(C)C)c1)OCC. The van der Waals surface area contributed by atoms with Crippen molar-refractivity contribution in [2.45, 2.75) is 71.9 Å². The van der Waals surface area contributed by atoms with Crippen molar-refractivity contribution >= 4 is 24.2 Å². The van der Waals surface area contributed by atoms with Gasteiger partial charge in [-0.25, -0.2) is 0 Å². The maximum absolute atomic E-state index is 12.9. The third-order valence-corrected chi connectivity index (χ3v) is 12.2. The summed E-state index contributed by atoms with van der Waals surface area (Å²) in [4.78, 5) is 8.98. The third-order valence-electron chi connectivity index (χ3n) is 5.31. The van der Waals surface area contributed by atoms with Crippen LogP contribution >= 0.6 is 15.9 Å². The molecule has 1 rings (SSSR count). The molecule has 0 saturated carbocycles. The first-order valence-corrected chi connectivity index (χ1v) is 16.7. The molecule has 11 heteroatoms. The van der Waals surface area contributed by atoms with E-state index in [0.717, 1.165) is 5.56 Å². The maximum Gasteiger partial charge on any atom is 0.695 e. The topological polar surface area (TPSA) is 101 Å². The Kier molecular flexibility index (Phi) is 12.2. The first kappa shape index (κ1) is 29.4. The fraction of sp³-hybridized carbons (Fsp3) is 0.714. The molecule has 0 radical (unpaired) electrons. The van der Waals surface area contributed by atoms with E-state index in [-0.39, 0.29) is 31.0 Å². The summed E-state index contributed by atoms with van der Waals surface area (Å²) < 4.78 is 51.6. The van der Waals surface area contributed by atoms with Gasteiger partial charge < -0.3 is 18.2 Å². The highest BCUT2D eigenvalue weighted by atomic mass is 31.2. The van der Waals surface area contributed by atoms with Crippen molar-refractivity contribution in [3.63, 3.8) is 0 Å². The highest BCUT2D eigenvalue weighted by molar-refractivity contribution is 7.53. The molecule has 0 heterocycles. The summed E-state index contributed by atoms with van der Waals surface area (Å²) in [6, 6.07) is 5.25. The lowest BCUT2D eigenvalue weighted by Crippen LogP contribution is -2.41. The minimum atomic E-state index is -3.27. The van der Waals surface area contributed by atoms with Gasteiger partial charge in [-0.15, -0.1) is 9.42 Å². The van der Waals surface area contributed by atoms with Crippen LogP contribution in [0.5, 0.6) is 5.75 Å². The van der Waals surface area contributed by atoms with E-state index >= 15 is 0 Å². The molecule has 0 aliphatic heterocycles. The van der Waals surface area contributed by atoms with Crippen LogP contribution in [0.4, 0.5) is 0 Å². The van der Waals surface area contributed by atoms with Crippen LogP contribution in [-0.2, 0) is 39.9 Å². The molecule has 184 valence electrons. The molecule has 8 nitrogen and oxygen atoms in total. The maximum atomic E-state index is 12.9. The Hall–Kier alpha value is -0.633. The zero-order chi connectivity index (χ0) is 24.4. The number of hydrogen-bond acceptors (Lipinski definition) is 7. The molecule has 0 aromatic heterocycles. The van der Waals surface area contributed by atoms with E-state index in [9.17, 15) is 9.13 Å². The number of benzene rings is 1. The summed E-state index contributed by atoms with van der Waals surface area (Å²) >= 11 is 0. The molecule has 0 fully saturated rings. The van der Waals surface area contributed by atoms with Gasteiger partial charge in [0.15, 0.2) is 8.32 Å². The van der Waals surface area contributed by atoms with Crippen molar-refractivity contribution < 1.29 is 36.8 Å². The summed E-state index contributed by atoms with van der Waals surface area (Å²) in [5, 5.41) is 0.142. The first-order valence-electron chi connectivity index (χ1n) is 10.9. The van der Waals surface area contributed by atoms with E-state index in [1.54, 1.807) is 32.0 Å². The Morgan fingerprint density at radius 1 is 1.09 bits per heavy atom. The molecule has 0 aliphatic carbocycles. The first-order chi connectivity index (χ1) is 14.8. The van der Waals surface area contributed by atoms with Gasteiger partial charge in [-0.3, -0.25) is 4.57 Å². The summed E-state index contributed by atoms with van der Waals surface area (Å²) in [5.74, 6) is 0.506. The van der Waals surface area contributed by atoms with Gasteiger partial charge in [-0.1, -0.05) is 32.9 Å². The second kappa shape index (κ2) is 13.3. The molecule has 0 spiro atoms. The molecule has 1 aromatic rings. The molecule has 0 aliphatic rings. The lowest BCUT2D eigenvalue weighted by molar-refractivity contribution is 0.219. The van der Waals surface area contributed by atoms with Crippen molar-refractivity contribution in [2.24, 2.45) is 0 Å². The lowest BCUT2D eigenvalue weighted by Gasteiger charge is -2.36.